The van der Waals surface area contributed by atoms with Gasteiger partial charge in [-0.3, -0.25) is 28.8 Å². The van der Waals surface area contributed by atoms with Gasteiger partial charge in [0.2, 0.25) is 0 Å². The number of nitro groups is 1. The van der Waals surface area contributed by atoms with Gasteiger partial charge in [-0.15, -0.1) is 0 Å². The van der Waals surface area contributed by atoms with Crippen LogP contribution in [-0.2, 0) is 10.8 Å². The van der Waals surface area contributed by atoms with Crippen molar-refractivity contribution in [3.63, 3.8) is 0 Å². The van der Waals surface area contributed by atoms with E-state index < -0.39 is 27.5 Å². The molecule has 1 heterocycles. The first-order valence-corrected chi connectivity index (χ1v) is 9.35. The second-order valence-electron chi connectivity index (χ2n) is 5.37. The average molecular weight is 413 g/mol. The Morgan fingerprint density at radius 1 is 1.04 bits per heavy atom. The lowest BCUT2D eigenvalue weighted by Crippen LogP contribution is -2.33. The Hall–Kier alpha value is -2.29. The third-order valence-electron chi connectivity index (χ3n) is 3.80. The Labute approximate surface area is 160 Å². The fraction of sp³-hybridized carbons (Fsp3) is 0.125. The van der Waals surface area contributed by atoms with Gasteiger partial charge in [-0.05, 0) is 24.3 Å². The summed E-state index contributed by atoms with van der Waals surface area (Å²) < 4.78 is 12.4. The highest BCUT2D eigenvalue weighted by Crippen LogP contribution is 2.28. The van der Waals surface area contributed by atoms with Crippen molar-refractivity contribution in [2.75, 3.05) is 12.3 Å². The predicted molar refractivity (Wildman–Crippen MR) is 96.2 cm³/mol. The van der Waals surface area contributed by atoms with Gasteiger partial charge in [-0.1, -0.05) is 23.2 Å². The lowest BCUT2D eigenvalue weighted by atomic mass is 10.1. The van der Waals surface area contributed by atoms with Gasteiger partial charge in [-0.2, -0.15) is 0 Å². The van der Waals surface area contributed by atoms with Crippen LogP contribution in [-0.4, -0.2) is 38.1 Å². The van der Waals surface area contributed by atoms with E-state index in [9.17, 15) is 23.9 Å². The summed E-state index contributed by atoms with van der Waals surface area (Å²) in [6.07, 6.45) is 0. The molecule has 0 saturated heterocycles. The summed E-state index contributed by atoms with van der Waals surface area (Å²) in [5.41, 5.74) is -0.219. The number of nitrogens with zero attached hydrogens (tertiary/aromatic N) is 2. The van der Waals surface area contributed by atoms with Gasteiger partial charge in [0.1, 0.15) is 0 Å². The van der Waals surface area contributed by atoms with Gasteiger partial charge in [0.25, 0.3) is 17.5 Å². The lowest BCUT2D eigenvalue weighted by molar-refractivity contribution is -0.384. The van der Waals surface area contributed by atoms with Crippen LogP contribution < -0.4 is 0 Å². The summed E-state index contributed by atoms with van der Waals surface area (Å²) in [5, 5.41) is 11.5. The Bertz CT molecular complexity index is 979. The highest BCUT2D eigenvalue weighted by Gasteiger charge is 2.36. The molecule has 0 spiro atoms. The molecule has 0 aliphatic carbocycles. The minimum Gasteiger partial charge on any atom is -0.273 e. The molecule has 3 rings (SSSR count). The molecule has 2 aromatic carbocycles. The smallest absolute Gasteiger partial charge is 0.270 e. The molecule has 1 atom stereocenters. The number of hydrogen-bond acceptors (Lipinski definition) is 5. The van der Waals surface area contributed by atoms with Crippen molar-refractivity contribution in [3.8, 4) is 0 Å². The number of hydrogen-bond donors (Lipinski definition) is 0. The first kappa shape index (κ1) is 18.5. The summed E-state index contributed by atoms with van der Waals surface area (Å²) in [4.78, 5) is 36.2. The fourth-order valence-electron chi connectivity index (χ4n) is 2.53. The Morgan fingerprint density at radius 2 is 1.73 bits per heavy atom. The van der Waals surface area contributed by atoms with Crippen LogP contribution in [0.1, 0.15) is 20.7 Å². The highest BCUT2D eigenvalue weighted by molar-refractivity contribution is 7.85. The number of fused-ring (bicyclic) bond motifs is 1. The number of amides is 2. The summed E-state index contributed by atoms with van der Waals surface area (Å²) in [6, 6.07) is 8.02. The second kappa shape index (κ2) is 7.14. The molecule has 1 aliphatic heterocycles. The zero-order valence-corrected chi connectivity index (χ0v) is 15.3. The van der Waals surface area contributed by atoms with Crippen LogP contribution in [0, 0.1) is 10.1 Å². The minimum atomic E-state index is -1.58. The van der Waals surface area contributed by atoms with Crippen molar-refractivity contribution in [1.29, 1.82) is 0 Å². The minimum absolute atomic E-state index is 0.0317. The van der Waals surface area contributed by atoms with Gasteiger partial charge >= 0.3 is 0 Å². The zero-order chi connectivity index (χ0) is 19.0. The molecule has 0 radical (unpaired) electrons. The summed E-state index contributed by atoms with van der Waals surface area (Å²) >= 11 is 11.9. The van der Waals surface area contributed by atoms with E-state index in [1.807, 2.05) is 0 Å². The topological polar surface area (TPSA) is 97.6 Å². The van der Waals surface area contributed by atoms with Crippen molar-refractivity contribution in [2.45, 2.75) is 4.90 Å². The van der Waals surface area contributed by atoms with Crippen LogP contribution in [0.25, 0.3) is 0 Å². The van der Waals surface area contributed by atoms with Crippen LogP contribution in [0.4, 0.5) is 5.69 Å². The maximum atomic E-state index is 12.4. The van der Waals surface area contributed by atoms with Crippen molar-refractivity contribution in [1.82, 2.24) is 4.90 Å². The average Bonchev–Trinajstić information content (AvgIpc) is 2.85. The van der Waals surface area contributed by atoms with Crippen LogP contribution in [0.15, 0.2) is 41.3 Å². The molecule has 0 saturated carbocycles. The zero-order valence-electron chi connectivity index (χ0n) is 13.0. The third-order valence-corrected chi connectivity index (χ3v) is 5.86. The Morgan fingerprint density at radius 3 is 2.42 bits per heavy atom. The Kier molecular flexibility index (Phi) is 5.08. The number of halogens is 2. The van der Waals surface area contributed by atoms with Gasteiger partial charge in [-0.25, -0.2) is 0 Å². The molecule has 0 N–H and O–H groups in total. The van der Waals surface area contributed by atoms with Crippen molar-refractivity contribution >= 4 is 51.5 Å². The summed E-state index contributed by atoms with van der Waals surface area (Å²) in [5.74, 6) is -1.26. The maximum Gasteiger partial charge on any atom is 0.270 e. The number of non-ortho nitro benzene ring substituents is 1. The van der Waals surface area contributed by atoms with Crippen molar-refractivity contribution in [2.24, 2.45) is 0 Å². The normalized spacial score (nSPS) is 14.5. The molecular formula is C16H10Cl2N2O5S. The molecule has 0 aromatic heterocycles. The fourth-order valence-corrected chi connectivity index (χ4v) is 4.26. The van der Waals surface area contributed by atoms with E-state index in [0.29, 0.717) is 9.92 Å². The molecule has 1 aliphatic rings. The predicted octanol–water partition coefficient (Wildman–Crippen LogP) is 3.31. The molecule has 0 unspecified atom stereocenters. The number of imide groups is 1. The van der Waals surface area contributed by atoms with E-state index in [-0.39, 0.29) is 34.1 Å². The summed E-state index contributed by atoms with van der Waals surface area (Å²) in [7, 11) is -1.58. The second-order valence-corrected chi connectivity index (χ2v) is 7.76. The molecule has 134 valence electrons. The summed E-state index contributed by atoms with van der Waals surface area (Å²) in [6.45, 7) is -0.115. The van der Waals surface area contributed by atoms with Gasteiger partial charge < -0.3 is 0 Å². The first-order chi connectivity index (χ1) is 12.3. The van der Waals surface area contributed by atoms with E-state index >= 15 is 0 Å². The van der Waals surface area contributed by atoms with E-state index in [0.717, 1.165) is 17.0 Å². The van der Waals surface area contributed by atoms with E-state index in [1.165, 1.54) is 18.2 Å². The molecule has 2 aromatic rings. The largest absolute Gasteiger partial charge is 0.273 e. The third kappa shape index (κ3) is 3.35. The van der Waals surface area contributed by atoms with Crippen LogP contribution in [0.3, 0.4) is 0 Å². The number of nitro benzene ring substituents is 1. The standard InChI is InChI=1S/C16H10Cl2N2O5S/c17-9-1-4-13(18)14(7-9)26(25)6-5-19-15(21)11-3-2-10(20(23)24)8-12(11)16(19)22/h1-4,7-8H,5-6H2/t26-/m1/s1. The number of rotatable bonds is 5. The number of carbonyl (C=O) groups excluding carboxylic acids is 2. The monoisotopic (exact) mass is 412 g/mol. The van der Waals surface area contributed by atoms with Crippen LogP contribution >= 0.6 is 23.2 Å². The van der Waals surface area contributed by atoms with Crippen molar-refractivity contribution < 1.29 is 18.7 Å². The van der Waals surface area contributed by atoms with E-state index in [2.05, 4.69) is 0 Å². The number of benzene rings is 2. The van der Waals surface area contributed by atoms with Crippen molar-refractivity contribution in [3.05, 3.63) is 67.7 Å². The Balaban J connectivity index is 1.78. The molecule has 7 nitrogen and oxygen atoms in total. The van der Waals surface area contributed by atoms with Gasteiger partial charge in [0.15, 0.2) is 0 Å². The van der Waals surface area contributed by atoms with Gasteiger partial charge in [0.05, 0.1) is 36.8 Å². The lowest BCUT2D eigenvalue weighted by Gasteiger charge is -2.13. The van der Waals surface area contributed by atoms with Crippen LogP contribution in [0.5, 0.6) is 0 Å². The quantitative estimate of drug-likeness (QED) is 0.426. The SMILES string of the molecule is O=C1c2ccc([N+](=O)[O-])cc2C(=O)N1CC[S@@](=O)c1cc(Cl)ccc1Cl. The first-order valence-electron chi connectivity index (χ1n) is 7.27. The van der Waals surface area contributed by atoms with E-state index in [4.69, 9.17) is 23.2 Å². The molecule has 2 amide bonds. The molecule has 10 heteroatoms. The molecular weight excluding hydrogens is 403 g/mol. The van der Waals surface area contributed by atoms with Crippen LogP contribution in [0.2, 0.25) is 10.0 Å². The van der Waals surface area contributed by atoms with E-state index in [1.54, 1.807) is 6.07 Å². The molecule has 0 bridgehead atoms. The molecule has 0 fully saturated rings. The highest BCUT2D eigenvalue weighted by atomic mass is 35.5. The number of carbonyl (C=O) groups is 2. The van der Waals surface area contributed by atoms with Gasteiger partial charge in [0, 0.05) is 29.5 Å². The molecule has 26 heavy (non-hydrogen) atoms. The maximum absolute atomic E-state index is 12.4.